The predicted molar refractivity (Wildman–Crippen MR) is 122 cm³/mol. The number of carbonyl (C=O) groups is 1. The summed E-state index contributed by atoms with van der Waals surface area (Å²) < 4.78 is 5.24. The van der Waals surface area contributed by atoms with Gasteiger partial charge >= 0.3 is 0 Å². The maximum Gasteiger partial charge on any atom is 0.289 e. The van der Waals surface area contributed by atoms with Crippen LogP contribution in [0.5, 0.6) is 0 Å². The van der Waals surface area contributed by atoms with Crippen LogP contribution in [0.15, 0.2) is 58.1 Å². The van der Waals surface area contributed by atoms with Crippen molar-refractivity contribution in [3.05, 3.63) is 60.1 Å². The van der Waals surface area contributed by atoms with E-state index >= 15 is 0 Å². The highest BCUT2D eigenvalue weighted by atomic mass is 16.3. The Kier molecular flexibility index (Phi) is 6.06. The number of aromatic nitrogens is 1. The molecule has 0 bridgehead atoms. The lowest BCUT2D eigenvalue weighted by molar-refractivity contribution is 0.0657. The molecule has 3 aromatic rings. The van der Waals surface area contributed by atoms with Crippen molar-refractivity contribution >= 4 is 28.6 Å². The third-order valence-corrected chi connectivity index (χ3v) is 5.49. The number of rotatable bonds is 4. The molecule has 8 nitrogen and oxygen atoms in total. The fourth-order valence-corrected chi connectivity index (χ4v) is 3.79. The third kappa shape index (κ3) is 4.47. The van der Waals surface area contributed by atoms with Crippen LogP contribution in [0.3, 0.4) is 0 Å². The second-order valence-electron chi connectivity index (χ2n) is 7.71. The number of furan rings is 1. The van der Waals surface area contributed by atoms with Crippen LogP contribution in [-0.2, 0) is 6.54 Å². The number of nitrogens with zero attached hydrogens (tertiary/aromatic N) is 5. The van der Waals surface area contributed by atoms with Gasteiger partial charge in [0.1, 0.15) is 5.82 Å². The van der Waals surface area contributed by atoms with E-state index < -0.39 is 0 Å². The van der Waals surface area contributed by atoms with E-state index in [2.05, 4.69) is 27.3 Å². The minimum atomic E-state index is -0.0629. The van der Waals surface area contributed by atoms with E-state index in [9.17, 15) is 4.79 Å². The Balaban J connectivity index is 1.42. The molecule has 0 atom stereocenters. The molecule has 0 radical (unpaired) electrons. The molecule has 1 fully saturated rings. The highest BCUT2D eigenvalue weighted by Crippen LogP contribution is 2.22. The number of pyridine rings is 1. The van der Waals surface area contributed by atoms with Crippen LogP contribution in [0.1, 0.15) is 16.1 Å². The maximum absolute atomic E-state index is 12.5. The lowest BCUT2D eigenvalue weighted by atomic mass is 10.1. The van der Waals surface area contributed by atoms with Crippen LogP contribution in [0, 0.1) is 0 Å². The summed E-state index contributed by atoms with van der Waals surface area (Å²) in [6.45, 7) is 3.33. The number of amides is 1. The summed E-state index contributed by atoms with van der Waals surface area (Å²) in [5, 5.41) is 4.62. The number of para-hydroxylation sites is 1. The minimum absolute atomic E-state index is 0.0629. The van der Waals surface area contributed by atoms with Crippen molar-refractivity contribution in [2.45, 2.75) is 6.54 Å². The molecule has 1 amide bonds. The molecule has 0 unspecified atom stereocenters. The highest BCUT2D eigenvalue weighted by Gasteiger charge is 2.25. The first kappa shape index (κ1) is 20.7. The average molecular weight is 421 g/mol. The first-order chi connectivity index (χ1) is 15.1. The first-order valence-electron chi connectivity index (χ1n) is 10.4. The van der Waals surface area contributed by atoms with E-state index in [0.717, 1.165) is 22.7 Å². The molecule has 0 aliphatic carbocycles. The minimum Gasteiger partial charge on any atom is -0.459 e. The third-order valence-electron chi connectivity index (χ3n) is 5.49. The van der Waals surface area contributed by atoms with E-state index in [-0.39, 0.29) is 5.91 Å². The van der Waals surface area contributed by atoms with Crippen molar-refractivity contribution in [3.8, 4) is 0 Å². The van der Waals surface area contributed by atoms with Gasteiger partial charge in [-0.1, -0.05) is 18.2 Å². The van der Waals surface area contributed by atoms with Crippen molar-refractivity contribution < 1.29 is 9.21 Å². The zero-order valence-electron chi connectivity index (χ0n) is 18.2. The number of piperazine rings is 1. The molecule has 8 heteroatoms. The summed E-state index contributed by atoms with van der Waals surface area (Å²) in [7, 11) is 5.78. The van der Waals surface area contributed by atoms with Gasteiger partial charge in [0.15, 0.2) is 11.7 Å². The number of benzene rings is 1. The van der Waals surface area contributed by atoms with Gasteiger partial charge in [0, 0.05) is 59.3 Å². The van der Waals surface area contributed by atoms with Crippen molar-refractivity contribution in [2.75, 3.05) is 52.2 Å². The molecule has 0 spiro atoms. The molecule has 2 aromatic heterocycles. The van der Waals surface area contributed by atoms with Gasteiger partial charge in [0.05, 0.1) is 11.8 Å². The summed E-state index contributed by atoms with van der Waals surface area (Å²) >= 11 is 0. The van der Waals surface area contributed by atoms with Crippen LogP contribution >= 0.6 is 0 Å². The number of carbonyl (C=O) groups excluding carboxylic acids is 1. The lowest BCUT2D eigenvalue weighted by Crippen LogP contribution is -2.53. The number of hydrogen-bond donors (Lipinski definition) is 1. The molecule has 1 N–H and O–H groups in total. The Morgan fingerprint density at radius 3 is 2.55 bits per heavy atom. The van der Waals surface area contributed by atoms with Crippen LogP contribution in [-0.4, -0.2) is 74.0 Å². The number of hydrogen-bond acceptors (Lipinski definition) is 5. The molecule has 31 heavy (non-hydrogen) atoms. The summed E-state index contributed by atoms with van der Waals surface area (Å²) in [5.41, 5.74) is 2.15. The molecule has 1 saturated heterocycles. The quantitative estimate of drug-likeness (QED) is 0.516. The zero-order valence-corrected chi connectivity index (χ0v) is 18.2. The van der Waals surface area contributed by atoms with Crippen LogP contribution in [0.2, 0.25) is 0 Å². The standard InChI is InChI=1S/C23H28N6O2/c1-24-23(29-12-10-28(11-13-29)22(30)20-9-6-14-31-20)25-16-17-15-21(27(2)3)26-19-8-5-4-7-18(17)19/h4-9,14-15H,10-13,16H2,1-3H3,(H,24,25). The van der Waals surface area contributed by atoms with Gasteiger partial charge in [0.25, 0.3) is 5.91 Å². The van der Waals surface area contributed by atoms with Crippen molar-refractivity contribution in [1.29, 1.82) is 0 Å². The Morgan fingerprint density at radius 2 is 1.87 bits per heavy atom. The smallest absolute Gasteiger partial charge is 0.289 e. The van der Waals surface area contributed by atoms with E-state index in [4.69, 9.17) is 9.40 Å². The molecular weight excluding hydrogens is 392 g/mol. The molecular formula is C23H28N6O2. The van der Waals surface area contributed by atoms with Gasteiger partial charge in [-0.05, 0) is 29.8 Å². The van der Waals surface area contributed by atoms with E-state index in [0.29, 0.717) is 38.5 Å². The Hall–Kier alpha value is -3.55. The van der Waals surface area contributed by atoms with Crippen LogP contribution in [0.4, 0.5) is 5.82 Å². The Morgan fingerprint density at radius 1 is 1.13 bits per heavy atom. The Labute approximate surface area is 182 Å². The number of nitrogens with one attached hydrogen (secondary N) is 1. The molecule has 1 aliphatic heterocycles. The van der Waals surface area contributed by atoms with Crippen molar-refractivity contribution in [3.63, 3.8) is 0 Å². The SMILES string of the molecule is CN=C(NCc1cc(N(C)C)nc2ccccc12)N1CCN(C(=O)c2ccco2)CC1. The monoisotopic (exact) mass is 420 g/mol. The van der Waals surface area contributed by atoms with Gasteiger partial charge in [-0.3, -0.25) is 9.79 Å². The number of guanidine groups is 1. The van der Waals surface area contributed by atoms with E-state index in [1.54, 1.807) is 19.2 Å². The fraction of sp³-hybridized carbons (Fsp3) is 0.348. The summed E-state index contributed by atoms with van der Waals surface area (Å²) in [6, 6.07) is 13.7. The van der Waals surface area contributed by atoms with Crippen molar-refractivity contribution in [1.82, 2.24) is 20.1 Å². The topological polar surface area (TPSA) is 77.2 Å². The highest BCUT2D eigenvalue weighted by molar-refractivity contribution is 5.91. The maximum atomic E-state index is 12.5. The molecule has 1 aromatic carbocycles. The van der Waals surface area contributed by atoms with Gasteiger partial charge in [0.2, 0.25) is 0 Å². The van der Waals surface area contributed by atoms with Gasteiger partial charge in [-0.25, -0.2) is 4.98 Å². The molecule has 162 valence electrons. The summed E-state index contributed by atoms with van der Waals surface area (Å²) in [5.74, 6) is 2.08. The van der Waals surface area contributed by atoms with Gasteiger partial charge in [-0.15, -0.1) is 0 Å². The normalized spacial score (nSPS) is 14.7. The lowest BCUT2D eigenvalue weighted by Gasteiger charge is -2.36. The van der Waals surface area contributed by atoms with Gasteiger partial charge in [-0.2, -0.15) is 0 Å². The predicted octanol–water partition coefficient (Wildman–Crippen LogP) is 2.43. The van der Waals surface area contributed by atoms with Crippen LogP contribution < -0.4 is 10.2 Å². The van der Waals surface area contributed by atoms with E-state index in [1.165, 1.54) is 11.8 Å². The average Bonchev–Trinajstić information content (AvgIpc) is 3.34. The van der Waals surface area contributed by atoms with Crippen LogP contribution in [0.25, 0.3) is 10.9 Å². The first-order valence-corrected chi connectivity index (χ1v) is 10.4. The largest absolute Gasteiger partial charge is 0.459 e. The molecule has 1 aliphatic rings. The second kappa shape index (κ2) is 9.07. The Bertz CT molecular complexity index is 1070. The zero-order chi connectivity index (χ0) is 21.8. The van der Waals surface area contributed by atoms with Crippen molar-refractivity contribution in [2.24, 2.45) is 4.99 Å². The molecule has 4 rings (SSSR count). The second-order valence-corrected chi connectivity index (χ2v) is 7.71. The van der Waals surface area contributed by atoms with E-state index in [1.807, 2.05) is 42.1 Å². The fourth-order valence-electron chi connectivity index (χ4n) is 3.79. The van der Waals surface area contributed by atoms with Gasteiger partial charge < -0.3 is 24.4 Å². The number of anilines is 1. The molecule has 0 saturated carbocycles. The summed E-state index contributed by atoms with van der Waals surface area (Å²) in [6.07, 6.45) is 1.53. The summed E-state index contributed by atoms with van der Waals surface area (Å²) in [4.78, 5) is 27.7. The number of aliphatic imine (C=N–C) groups is 1. The molecule has 3 heterocycles. The number of fused-ring (bicyclic) bond motifs is 1.